The molecule has 0 amide bonds. The number of nitrogens with zero attached hydrogens (tertiary/aromatic N) is 4. The Balaban J connectivity index is 1.51. The Morgan fingerprint density at radius 2 is 2.11 bits per heavy atom. The van der Waals surface area contributed by atoms with Gasteiger partial charge >= 0.3 is 0 Å². The highest BCUT2D eigenvalue weighted by atomic mass is 19.1. The molecule has 8 heteroatoms. The Hall–Kier alpha value is -3.52. The topological polar surface area (TPSA) is 91.6 Å². The first-order valence-corrected chi connectivity index (χ1v) is 8.84. The van der Waals surface area contributed by atoms with E-state index in [2.05, 4.69) is 25.6 Å². The van der Waals surface area contributed by atoms with Crippen molar-refractivity contribution in [2.24, 2.45) is 0 Å². The predicted molar refractivity (Wildman–Crippen MR) is 106 cm³/mol. The maximum absolute atomic E-state index is 13.3. The van der Waals surface area contributed by atoms with Gasteiger partial charge in [0.1, 0.15) is 5.82 Å². The van der Waals surface area contributed by atoms with Gasteiger partial charge in [0.2, 0.25) is 0 Å². The second kappa shape index (κ2) is 8.01. The van der Waals surface area contributed by atoms with E-state index in [1.165, 1.54) is 12.3 Å². The van der Waals surface area contributed by atoms with Crippen molar-refractivity contribution in [1.82, 2.24) is 25.0 Å². The summed E-state index contributed by atoms with van der Waals surface area (Å²) in [6.07, 6.45) is 10.3. The molecule has 0 atom stereocenters. The zero-order valence-corrected chi connectivity index (χ0v) is 15.0. The summed E-state index contributed by atoms with van der Waals surface area (Å²) in [5.41, 5.74) is 4.34. The maximum atomic E-state index is 13.3. The van der Waals surface area contributed by atoms with E-state index in [0.717, 1.165) is 33.4 Å². The van der Waals surface area contributed by atoms with Gasteiger partial charge in [-0.1, -0.05) is 0 Å². The predicted octanol–water partition coefficient (Wildman–Crippen LogP) is 3.07. The first kappa shape index (κ1) is 17.9. The smallest absolute Gasteiger partial charge is 0.141 e. The van der Waals surface area contributed by atoms with Crippen molar-refractivity contribution >= 4 is 28.7 Å². The van der Waals surface area contributed by atoms with E-state index >= 15 is 0 Å². The van der Waals surface area contributed by atoms with Crippen molar-refractivity contribution in [1.29, 1.82) is 0 Å². The molecular formula is C20H19FN6O. The second-order valence-corrected chi connectivity index (χ2v) is 6.33. The van der Waals surface area contributed by atoms with Gasteiger partial charge < -0.3 is 10.4 Å². The zero-order chi connectivity index (χ0) is 19.3. The van der Waals surface area contributed by atoms with Gasteiger partial charge in [-0.25, -0.2) is 4.39 Å². The Bertz CT molecular complexity index is 1120. The summed E-state index contributed by atoms with van der Waals surface area (Å²) in [5.74, 6) is -0.348. The molecule has 3 N–H and O–H groups in total. The third kappa shape index (κ3) is 4.07. The number of nitrogens with one attached hydrogen (secondary N) is 2. The summed E-state index contributed by atoms with van der Waals surface area (Å²) in [6.45, 7) is 0.995. The third-order valence-electron chi connectivity index (χ3n) is 4.27. The number of aromatic nitrogens is 5. The maximum Gasteiger partial charge on any atom is 0.141 e. The number of aliphatic hydroxyl groups excluding tert-OH is 1. The van der Waals surface area contributed by atoms with Crippen LogP contribution < -0.4 is 5.32 Å². The lowest BCUT2D eigenvalue weighted by molar-refractivity contribution is 0.269. The highest BCUT2D eigenvalue weighted by Gasteiger charge is 2.05. The molecule has 7 nitrogen and oxygen atoms in total. The Morgan fingerprint density at radius 1 is 1.18 bits per heavy atom. The van der Waals surface area contributed by atoms with E-state index in [1.54, 1.807) is 17.1 Å². The number of benzene rings is 1. The minimum Gasteiger partial charge on any atom is -0.394 e. The number of rotatable bonds is 7. The number of fused-ring (bicyclic) bond motifs is 1. The molecular weight excluding hydrogens is 359 g/mol. The van der Waals surface area contributed by atoms with Crippen LogP contribution in [0.3, 0.4) is 0 Å². The van der Waals surface area contributed by atoms with Crippen molar-refractivity contribution in [2.45, 2.75) is 13.1 Å². The quantitative estimate of drug-likeness (QED) is 0.460. The fraction of sp³-hybridized carbons (Fsp3) is 0.150. The molecule has 3 aromatic heterocycles. The molecule has 0 saturated heterocycles. The molecule has 0 aliphatic rings. The van der Waals surface area contributed by atoms with Crippen LogP contribution in [0.4, 0.5) is 10.1 Å². The average molecular weight is 378 g/mol. The highest BCUT2D eigenvalue weighted by molar-refractivity contribution is 5.91. The molecule has 0 saturated carbocycles. The molecule has 0 fully saturated rings. The van der Waals surface area contributed by atoms with E-state index in [9.17, 15) is 4.39 Å². The SMILES string of the molecule is OCCn1cc(/C=C/c2n[nH]c3ccc(NCc4cncc(F)c4)cc23)cn1. The van der Waals surface area contributed by atoms with Gasteiger partial charge in [0.05, 0.1) is 36.8 Å². The van der Waals surface area contributed by atoms with Gasteiger partial charge in [-0.2, -0.15) is 10.2 Å². The first-order valence-electron chi connectivity index (χ1n) is 8.84. The number of aromatic amines is 1. The zero-order valence-electron chi connectivity index (χ0n) is 15.0. The number of aliphatic hydroxyl groups is 1. The molecule has 0 bridgehead atoms. The van der Waals surface area contributed by atoms with Crippen LogP contribution in [-0.4, -0.2) is 36.7 Å². The van der Waals surface area contributed by atoms with Gasteiger partial charge in [0.25, 0.3) is 0 Å². The summed E-state index contributed by atoms with van der Waals surface area (Å²) >= 11 is 0. The molecule has 4 aromatic rings. The van der Waals surface area contributed by atoms with Crippen LogP contribution in [0, 0.1) is 5.82 Å². The van der Waals surface area contributed by atoms with Gasteiger partial charge in [-0.05, 0) is 42.0 Å². The number of halogens is 1. The van der Waals surface area contributed by atoms with E-state index < -0.39 is 0 Å². The number of anilines is 1. The molecule has 3 heterocycles. The summed E-state index contributed by atoms with van der Waals surface area (Å²) in [7, 11) is 0. The molecule has 1 aromatic carbocycles. The lowest BCUT2D eigenvalue weighted by Crippen LogP contribution is -2.01. The van der Waals surface area contributed by atoms with E-state index in [1.807, 2.05) is 36.5 Å². The van der Waals surface area contributed by atoms with Gasteiger partial charge in [-0.15, -0.1) is 0 Å². The van der Waals surface area contributed by atoms with Gasteiger partial charge in [0.15, 0.2) is 0 Å². The Labute approximate surface area is 160 Å². The fourth-order valence-electron chi connectivity index (χ4n) is 2.89. The number of H-pyrrole nitrogens is 1. The van der Waals surface area contributed by atoms with Crippen molar-refractivity contribution < 1.29 is 9.50 Å². The van der Waals surface area contributed by atoms with Crippen LogP contribution in [0.25, 0.3) is 23.1 Å². The van der Waals surface area contributed by atoms with Crippen LogP contribution in [-0.2, 0) is 13.1 Å². The standard InChI is InChI=1S/C20H19FN6O/c21-16-7-15(9-22-12-16)10-23-17-2-4-20-18(8-17)19(25-26-20)3-1-14-11-24-27(13-14)5-6-28/h1-4,7-9,11-13,23,28H,5-6,10H2,(H,25,26)/b3-1+. The van der Waals surface area contributed by atoms with Crippen LogP contribution in [0.5, 0.6) is 0 Å². The van der Waals surface area contributed by atoms with E-state index in [4.69, 9.17) is 5.11 Å². The Kier molecular flexibility index (Phi) is 5.11. The third-order valence-corrected chi connectivity index (χ3v) is 4.27. The van der Waals surface area contributed by atoms with Crippen LogP contribution in [0.2, 0.25) is 0 Å². The van der Waals surface area contributed by atoms with Gasteiger partial charge in [0, 0.05) is 35.6 Å². The number of pyridine rings is 1. The molecule has 4 rings (SSSR count). The van der Waals surface area contributed by atoms with E-state index in [0.29, 0.717) is 13.1 Å². The molecule has 0 unspecified atom stereocenters. The van der Waals surface area contributed by atoms with Crippen LogP contribution in [0.15, 0.2) is 49.1 Å². The van der Waals surface area contributed by atoms with Crippen molar-refractivity contribution in [2.75, 3.05) is 11.9 Å². The average Bonchev–Trinajstić information content (AvgIpc) is 3.31. The molecule has 28 heavy (non-hydrogen) atoms. The summed E-state index contributed by atoms with van der Waals surface area (Å²) in [6, 6.07) is 7.35. The normalized spacial score (nSPS) is 11.5. The molecule has 142 valence electrons. The van der Waals surface area contributed by atoms with Gasteiger partial charge in [-0.3, -0.25) is 14.8 Å². The lowest BCUT2D eigenvalue weighted by atomic mass is 10.1. The summed E-state index contributed by atoms with van der Waals surface area (Å²) in [4.78, 5) is 3.86. The molecule has 0 aliphatic carbocycles. The monoisotopic (exact) mass is 378 g/mol. The number of hydrogen-bond donors (Lipinski definition) is 3. The molecule has 0 aliphatic heterocycles. The minimum atomic E-state index is -0.348. The van der Waals surface area contributed by atoms with Crippen molar-refractivity contribution in [3.63, 3.8) is 0 Å². The summed E-state index contributed by atoms with van der Waals surface area (Å²) < 4.78 is 14.9. The molecule has 0 spiro atoms. The fourth-order valence-corrected chi connectivity index (χ4v) is 2.89. The van der Waals surface area contributed by atoms with Crippen LogP contribution >= 0.6 is 0 Å². The molecule has 0 radical (unpaired) electrons. The minimum absolute atomic E-state index is 0.0519. The second-order valence-electron chi connectivity index (χ2n) is 6.33. The number of hydrogen-bond acceptors (Lipinski definition) is 5. The largest absolute Gasteiger partial charge is 0.394 e. The van der Waals surface area contributed by atoms with Crippen LogP contribution in [0.1, 0.15) is 16.8 Å². The Morgan fingerprint density at radius 3 is 2.96 bits per heavy atom. The highest BCUT2D eigenvalue weighted by Crippen LogP contribution is 2.22. The van der Waals surface area contributed by atoms with Crippen molar-refractivity contribution in [3.05, 3.63) is 71.7 Å². The summed E-state index contributed by atoms with van der Waals surface area (Å²) in [5, 5.41) is 24.8. The van der Waals surface area contributed by atoms with Crippen molar-refractivity contribution in [3.8, 4) is 0 Å². The first-order chi connectivity index (χ1) is 13.7. The van der Waals surface area contributed by atoms with E-state index in [-0.39, 0.29) is 12.4 Å². The lowest BCUT2D eigenvalue weighted by Gasteiger charge is -2.06.